The monoisotopic (exact) mass is 223 g/mol. The highest BCUT2D eigenvalue weighted by Gasteiger charge is 2.21. The first kappa shape index (κ1) is 12.4. The van der Waals surface area contributed by atoms with Crippen LogP contribution < -0.4 is 4.90 Å². The third-order valence-electron chi connectivity index (χ3n) is 2.76. The summed E-state index contributed by atoms with van der Waals surface area (Å²) in [5.41, 5.74) is 1.56. The number of nitrogens with zero attached hydrogens (tertiary/aromatic N) is 3. The Morgan fingerprint density at radius 2 is 1.88 bits per heavy atom. The molecule has 0 radical (unpaired) electrons. The number of hydrogen-bond donors (Lipinski definition) is 1. The number of hydrogen-bond acceptors (Lipinski definition) is 4. The fraction of sp³-hybridized carbons (Fsp3) is 0.545. The number of aromatic carboxylic acids is 1. The fourth-order valence-electron chi connectivity index (χ4n) is 1.34. The van der Waals surface area contributed by atoms with Crippen molar-refractivity contribution in [1.29, 1.82) is 0 Å². The third kappa shape index (κ3) is 2.13. The normalized spacial score (nSPS) is 10.6. The van der Waals surface area contributed by atoms with E-state index in [0.717, 1.165) is 0 Å². The van der Waals surface area contributed by atoms with Crippen molar-refractivity contribution >= 4 is 11.8 Å². The van der Waals surface area contributed by atoms with Gasteiger partial charge in [-0.2, -0.15) is 5.10 Å². The summed E-state index contributed by atoms with van der Waals surface area (Å²) >= 11 is 0. The number of carboxylic acid groups (broad SMARTS) is 1. The van der Waals surface area contributed by atoms with Crippen molar-refractivity contribution in [2.45, 2.75) is 33.7 Å². The zero-order chi connectivity index (χ0) is 12.5. The number of carboxylic acids is 1. The average Bonchev–Trinajstić information content (AvgIpc) is 2.20. The molecule has 0 saturated heterocycles. The molecular formula is C11H17N3O2. The summed E-state index contributed by atoms with van der Waals surface area (Å²) in [6.45, 7) is 7.46. The Labute approximate surface area is 95.1 Å². The van der Waals surface area contributed by atoms with Crippen molar-refractivity contribution in [3.05, 3.63) is 16.8 Å². The van der Waals surface area contributed by atoms with E-state index < -0.39 is 5.97 Å². The maximum atomic E-state index is 11.2. The molecule has 0 aromatic carbocycles. The minimum Gasteiger partial charge on any atom is -0.478 e. The van der Waals surface area contributed by atoms with E-state index in [1.165, 1.54) is 0 Å². The van der Waals surface area contributed by atoms with Crippen LogP contribution in [0.5, 0.6) is 0 Å². The molecule has 5 heteroatoms. The van der Waals surface area contributed by atoms with E-state index in [2.05, 4.69) is 10.2 Å². The molecule has 1 aromatic heterocycles. The second-order valence-electron chi connectivity index (χ2n) is 4.12. The Kier molecular flexibility index (Phi) is 3.47. The molecule has 88 valence electrons. The Bertz CT molecular complexity index is 416. The molecule has 0 bridgehead atoms. The lowest BCUT2D eigenvalue weighted by atomic mass is 10.1. The van der Waals surface area contributed by atoms with Gasteiger partial charge in [0.2, 0.25) is 0 Å². The van der Waals surface area contributed by atoms with Crippen molar-refractivity contribution in [3.63, 3.8) is 0 Å². The lowest BCUT2D eigenvalue weighted by molar-refractivity contribution is 0.0696. The van der Waals surface area contributed by atoms with Gasteiger partial charge in [-0.05, 0) is 33.3 Å². The van der Waals surface area contributed by atoms with Crippen LogP contribution in [0.15, 0.2) is 0 Å². The molecule has 0 fully saturated rings. The summed E-state index contributed by atoms with van der Waals surface area (Å²) in [5, 5.41) is 17.2. The van der Waals surface area contributed by atoms with Gasteiger partial charge in [0.1, 0.15) is 5.56 Å². The van der Waals surface area contributed by atoms with Crippen molar-refractivity contribution in [2.75, 3.05) is 11.9 Å². The molecule has 0 spiro atoms. The quantitative estimate of drug-likeness (QED) is 0.843. The van der Waals surface area contributed by atoms with E-state index in [4.69, 9.17) is 0 Å². The van der Waals surface area contributed by atoms with Gasteiger partial charge in [-0.1, -0.05) is 0 Å². The molecule has 0 aliphatic carbocycles. The summed E-state index contributed by atoms with van der Waals surface area (Å²) in [7, 11) is 1.82. The van der Waals surface area contributed by atoms with Crippen LogP contribution in [0.3, 0.4) is 0 Å². The number of carbonyl (C=O) groups is 1. The van der Waals surface area contributed by atoms with Gasteiger partial charge in [-0.15, -0.1) is 5.10 Å². The standard InChI is InChI=1S/C11H17N3O2/c1-6(2)14(5)10-9(11(15)16)7(3)8(4)12-13-10/h6H,1-5H3,(H,15,16). The highest BCUT2D eigenvalue weighted by molar-refractivity contribution is 5.95. The zero-order valence-electron chi connectivity index (χ0n) is 10.3. The molecule has 1 N–H and O–H groups in total. The molecular weight excluding hydrogens is 206 g/mol. The minimum absolute atomic E-state index is 0.175. The van der Waals surface area contributed by atoms with Crippen LogP contribution in [0, 0.1) is 13.8 Å². The molecule has 0 amide bonds. The number of anilines is 1. The fourth-order valence-corrected chi connectivity index (χ4v) is 1.34. The lowest BCUT2D eigenvalue weighted by Gasteiger charge is -2.24. The van der Waals surface area contributed by atoms with E-state index in [-0.39, 0.29) is 11.6 Å². The van der Waals surface area contributed by atoms with E-state index in [1.807, 2.05) is 25.8 Å². The first-order valence-electron chi connectivity index (χ1n) is 5.16. The molecule has 0 atom stereocenters. The van der Waals surface area contributed by atoms with Crippen LogP contribution in [-0.2, 0) is 0 Å². The van der Waals surface area contributed by atoms with Crippen molar-refractivity contribution in [1.82, 2.24) is 10.2 Å². The van der Waals surface area contributed by atoms with Gasteiger partial charge in [0.25, 0.3) is 0 Å². The molecule has 1 rings (SSSR count). The van der Waals surface area contributed by atoms with Gasteiger partial charge in [-0.3, -0.25) is 0 Å². The number of aryl methyl sites for hydroxylation is 1. The molecule has 0 unspecified atom stereocenters. The third-order valence-corrected chi connectivity index (χ3v) is 2.76. The summed E-state index contributed by atoms with van der Waals surface area (Å²) < 4.78 is 0. The highest BCUT2D eigenvalue weighted by Crippen LogP contribution is 2.22. The molecule has 0 aliphatic rings. The van der Waals surface area contributed by atoms with Crippen LogP contribution in [-0.4, -0.2) is 34.4 Å². The summed E-state index contributed by atoms with van der Waals surface area (Å²) in [4.78, 5) is 13.0. The first-order chi connectivity index (χ1) is 7.36. The van der Waals surface area contributed by atoms with Gasteiger partial charge < -0.3 is 10.0 Å². The summed E-state index contributed by atoms with van der Waals surface area (Å²) in [6.07, 6.45) is 0. The van der Waals surface area contributed by atoms with Crippen LogP contribution in [0.1, 0.15) is 35.5 Å². The highest BCUT2D eigenvalue weighted by atomic mass is 16.4. The average molecular weight is 223 g/mol. The molecule has 1 heterocycles. The Hall–Kier alpha value is -1.65. The molecule has 16 heavy (non-hydrogen) atoms. The minimum atomic E-state index is -0.960. The second-order valence-corrected chi connectivity index (χ2v) is 4.12. The second kappa shape index (κ2) is 4.47. The summed E-state index contributed by atoms with van der Waals surface area (Å²) in [6, 6.07) is 0.175. The van der Waals surface area contributed by atoms with E-state index in [0.29, 0.717) is 17.1 Å². The number of aromatic nitrogens is 2. The maximum Gasteiger partial charge on any atom is 0.339 e. The number of rotatable bonds is 3. The largest absolute Gasteiger partial charge is 0.478 e. The molecule has 5 nitrogen and oxygen atoms in total. The van der Waals surface area contributed by atoms with Crippen LogP contribution >= 0.6 is 0 Å². The predicted octanol–water partition coefficient (Wildman–Crippen LogP) is 1.64. The topological polar surface area (TPSA) is 66.3 Å². The van der Waals surface area contributed by atoms with Gasteiger partial charge in [-0.25, -0.2) is 4.79 Å². The van der Waals surface area contributed by atoms with E-state index in [1.54, 1.807) is 13.8 Å². The molecule has 0 aliphatic heterocycles. The Morgan fingerprint density at radius 1 is 1.31 bits per heavy atom. The van der Waals surface area contributed by atoms with Gasteiger partial charge >= 0.3 is 5.97 Å². The van der Waals surface area contributed by atoms with Gasteiger partial charge in [0.15, 0.2) is 5.82 Å². The Morgan fingerprint density at radius 3 is 2.31 bits per heavy atom. The van der Waals surface area contributed by atoms with E-state index >= 15 is 0 Å². The Balaban J connectivity index is 3.40. The molecule has 1 aromatic rings. The van der Waals surface area contributed by atoms with Crippen LogP contribution in [0.25, 0.3) is 0 Å². The van der Waals surface area contributed by atoms with Crippen molar-refractivity contribution in [3.8, 4) is 0 Å². The SMILES string of the molecule is Cc1nnc(N(C)C(C)C)c(C(=O)O)c1C. The summed E-state index contributed by atoms with van der Waals surface area (Å²) in [5.74, 6) is -0.538. The predicted molar refractivity (Wildman–Crippen MR) is 62.0 cm³/mol. The van der Waals surface area contributed by atoms with Crippen LogP contribution in [0.2, 0.25) is 0 Å². The van der Waals surface area contributed by atoms with Gasteiger partial charge in [0.05, 0.1) is 5.69 Å². The maximum absolute atomic E-state index is 11.2. The van der Waals surface area contributed by atoms with Gasteiger partial charge in [0, 0.05) is 13.1 Å². The van der Waals surface area contributed by atoms with Crippen molar-refractivity contribution in [2.24, 2.45) is 0 Å². The van der Waals surface area contributed by atoms with Crippen LogP contribution in [0.4, 0.5) is 5.82 Å². The zero-order valence-corrected chi connectivity index (χ0v) is 10.3. The van der Waals surface area contributed by atoms with E-state index in [9.17, 15) is 9.90 Å². The first-order valence-corrected chi connectivity index (χ1v) is 5.16. The lowest BCUT2D eigenvalue weighted by Crippen LogP contribution is -2.29. The smallest absolute Gasteiger partial charge is 0.339 e. The molecule has 0 saturated carbocycles. The van der Waals surface area contributed by atoms with Crippen molar-refractivity contribution < 1.29 is 9.90 Å².